The van der Waals surface area contributed by atoms with Gasteiger partial charge < -0.3 is 20.0 Å². The van der Waals surface area contributed by atoms with Crippen molar-refractivity contribution in [3.63, 3.8) is 0 Å². The molecule has 1 aliphatic rings. The first kappa shape index (κ1) is 23.6. The van der Waals surface area contributed by atoms with Crippen molar-refractivity contribution in [2.45, 2.75) is 13.0 Å². The molecule has 1 heterocycles. The third kappa shape index (κ3) is 4.74. The zero-order valence-corrected chi connectivity index (χ0v) is 18.8. The fraction of sp³-hybridized carbons (Fsp3) is 0.304. The largest absolute Gasteiger partial charge is 0.465 e. The normalized spacial score (nSPS) is 15.0. The highest BCUT2D eigenvalue weighted by atomic mass is 16.4. The van der Waals surface area contributed by atoms with Crippen LogP contribution in [0.3, 0.4) is 0 Å². The van der Waals surface area contributed by atoms with Crippen LogP contribution in [0.25, 0.3) is 11.1 Å². The third-order valence-electron chi connectivity index (χ3n) is 5.53. The molecule has 0 unspecified atom stereocenters. The Balaban J connectivity index is 1.90. The van der Waals surface area contributed by atoms with Crippen LogP contribution in [0.1, 0.15) is 17.3 Å². The van der Waals surface area contributed by atoms with E-state index in [0.29, 0.717) is 16.8 Å². The average molecular weight is 454 g/mol. The molecule has 1 atom stereocenters. The summed E-state index contributed by atoms with van der Waals surface area (Å²) in [6, 6.07) is 11.1. The highest BCUT2D eigenvalue weighted by molar-refractivity contribution is 6.01. The summed E-state index contributed by atoms with van der Waals surface area (Å²) in [6.45, 7) is 1.63. The molecule has 0 aromatic heterocycles. The topological polar surface area (TPSA) is 122 Å². The predicted octanol–water partition coefficient (Wildman–Crippen LogP) is 2.88. The van der Waals surface area contributed by atoms with Gasteiger partial charge in [0.2, 0.25) is 5.91 Å². The van der Waals surface area contributed by atoms with Gasteiger partial charge in [-0.05, 0) is 42.3 Å². The predicted molar refractivity (Wildman–Crippen MR) is 123 cm³/mol. The number of hydrogen-bond donors (Lipinski definition) is 2. The molecule has 33 heavy (non-hydrogen) atoms. The lowest BCUT2D eigenvalue weighted by Gasteiger charge is -2.38. The van der Waals surface area contributed by atoms with E-state index >= 15 is 0 Å². The van der Waals surface area contributed by atoms with Gasteiger partial charge in [0.05, 0.1) is 30.5 Å². The van der Waals surface area contributed by atoms with E-state index < -0.39 is 18.2 Å². The zero-order chi connectivity index (χ0) is 24.4. The van der Waals surface area contributed by atoms with Crippen LogP contribution in [0, 0.1) is 0 Å². The Hall–Kier alpha value is -4.08. The van der Waals surface area contributed by atoms with E-state index in [1.807, 2.05) is 0 Å². The van der Waals surface area contributed by atoms with Crippen LogP contribution < -0.4 is 9.80 Å². The van der Waals surface area contributed by atoms with Crippen LogP contribution in [-0.2, 0) is 4.79 Å². The SMILES string of the molecule is C[C@H]1CN(C(=O)O)c2cc(-c3ccc(C(=O)N(C)CC(=O)N(C)C)cc3)ccc2N1C(=O)O. The molecule has 0 radical (unpaired) electrons. The van der Waals surface area contributed by atoms with Crippen molar-refractivity contribution in [2.75, 3.05) is 44.0 Å². The summed E-state index contributed by atoms with van der Waals surface area (Å²) in [5.41, 5.74) is 2.39. The van der Waals surface area contributed by atoms with Crippen molar-refractivity contribution in [2.24, 2.45) is 0 Å². The van der Waals surface area contributed by atoms with Gasteiger partial charge in [-0.3, -0.25) is 19.4 Å². The quantitative estimate of drug-likeness (QED) is 0.733. The second kappa shape index (κ2) is 9.19. The lowest BCUT2D eigenvalue weighted by Crippen LogP contribution is -2.51. The highest BCUT2D eigenvalue weighted by Crippen LogP contribution is 2.38. The first-order valence-corrected chi connectivity index (χ1v) is 10.2. The second-order valence-corrected chi connectivity index (χ2v) is 8.13. The minimum atomic E-state index is -1.17. The second-order valence-electron chi connectivity index (χ2n) is 8.13. The maximum absolute atomic E-state index is 12.6. The first-order valence-electron chi connectivity index (χ1n) is 10.2. The molecule has 0 spiro atoms. The van der Waals surface area contributed by atoms with Gasteiger partial charge in [0.25, 0.3) is 5.91 Å². The Morgan fingerprint density at radius 3 is 2.06 bits per heavy atom. The Bertz CT molecular complexity index is 1100. The van der Waals surface area contributed by atoms with E-state index in [1.165, 1.54) is 9.80 Å². The maximum Gasteiger partial charge on any atom is 0.412 e. The smallest absolute Gasteiger partial charge is 0.412 e. The molecule has 0 saturated carbocycles. The van der Waals surface area contributed by atoms with Crippen LogP contribution in [0.5, 0.6) is 0 Å². The van der Waals surface area contributed by atoms with Crippen molar-refractivity contribution < 1.29 is 29.4 Å². The average Bonchev–Trinajstić information content (AvgIpc) is 2.77. The lowest BCUT2D eigenvalue weighted by atomic mass is 10.00. The molecule has 0 aliphatic carbocycles. The van der Waals surface area contributed by atoms with Crippen molar-refractivity contribution in [3.05, 3.63) is 48.0 Å². The minimum Gasteiger partial charge on any atom is -0.465 e. The fourth-order valence-corrected chi connectivity index (χ4v) is 3.72. The molecule has 4 amide bonds. The van der Waals surface area contributed by atoms with E-state index in [1.54, 1.807) is 70.5 Å². The van der Waals surface area contributed by atoms with E-state index in [-0.39, 0.29) is 30.6 Å². The lowest BCUT2D eigenvalue weighted by molar-refractivity contribution is -0.129. The van der Waals surface area contributed by atoms with Gasteiger partial charge in [-0.15, -0.1) is 0 Å². The van der Waals surface area contributed by atoms with E-state index in [4.69, 9.17) is 0 Å². The number of benzene rings is 2. The summed E-state index contributed by atoms with van der Waals surface area (Å²) in [4.78, 5) is 53.0. The van der Waals surface area contributed by atoms with Gasteiger partial charge in [0.1, 0.15) is 0 Å². The summed E-state index contributed by atoms with van der Waals surface area (Å²) < 4.78 is 0. The Kier molecular flexibility index (Phi) is 6.57. The summed E-state index contributed by atoms with van der Waals surface area (Å²) in [5.74, 6) is -0.491. The van der Waals surface area contributed by atoms with Gasteiger partial charge >= 0.3 is 12.2 Å². The van der Waals surface area contributed by atoms with E-state index in [2.05, 4.69) is 0 Å². The molecular formula is C23H26N4O6. The van der Waals surface area contributed by atoms with Crippen LogP contribution in [0.4, 0.5) is 21.0 Å². The van der Waals surface area contributed by atoms with Crippen molar-refractivity contribution in [1.29, 1.82) is 0 Å². The molecule has 174 valence electrons. The fourth-order valence-electron chi connectivity index (χ4n) is 3.72. The highest BCUT2D eigenvalue weighted by Gasteiger charge is 2.35. The number of hydrogen-bond acceptors (Lipinski definition) is 4. The Morgan fingerprint density at radius 2 is 1.52 bits per heavy atom. The summed E-state index contributed by atoms with van der Waals surface area (Å²) in [7, 11) is 4.79. The number of anilines is 2. The monoisotopic (exact) mass is 454 g/mol. The van der Waals surface area contributed by atoms with Crippen molar-refractivity contribution >= 4 is 35.4 Å². The number of fused-ring (bicyclic) bond motifs is 1. The van der Waals surface area contributed by atoms with E-state index in [9.17, 15) is 29.4 Å². The van der Waals surface area contributed by atoms with Crippen molar-refractivity contribution in [3.8, 4) is 11.1 Å². The molecule has 0 saturated heterocycles. The molecule has 10 nitrogen and oxygen atoms in total. The minimum absolute atomic E-state index is 0.0174. The number of nitrogens with zero attached hydrogens (tertiary/aromatic N) is 4. The Morgan fingerprint density at radius 1 is 0.909 bits per heavy atom. The number of amides is 4. The summed E-state index contributed by atoms with van der Waals surface area (Å²) >= 11 is 0. The van der Waals surface area contributed by atoms with Gasteiger partial charge in [0.15, 0.2) is 0 Å². The molecule has 0 bridgehead atoms. The molecular weight excluding hydrogens is 428 g/mol. The molecule has 0 fully saturated rings. The van der Waals surface area contributed by atoms with Gasteiger partial charge in [-0.1, -0.05) is 18.2 Å². The zero-order valence-electron chi connectivity index (χ0n) is 18.8. The van der Waals surface area contributed by atoms with Gasteiger partial charge in [-0.25, -0.2) is 9.59 Å². The molecule has 10 heteroatoms. The standard InChI is InChI=1S/C23H26N4O6/c1-14-12-26(22(30)31)19-11-17(9-10-18(19)27(14)23(32)33)15-5-7-16(8-6-15)21(29)25(4)13-20(28)24(2)3/h5-11,14H,12-13H2,1-4H3,(H,30,31)(H,32,33)/t14-/m0/s1. The van der Waals surface area contributed by atoms with Crippen LogP contribution in [0.15, 0.2) is 42.5 Å². The Labute approximate surface area is 191 Å². The summed E-state index contributed by atoms with van der Waals surface area (Å²) in [5, 5.41) is 19.2. The van der Waals surface area contributed by atoms with E-state index in [0.717, 1.165) is 15.4 Å². The number of likely N-dealkylation sites (N-methyl/N-ethyl adjacent to an activating group) is 2. The number of carboxylic acid groups (broad SMARTS) is 2. The molecule has 2 aromatic carbocycles. The maximum atomic E-state index is 12.6. The van der Waals surface area contributed by atoms with Crippen LogP contribution in [0.2, 0.25) is 0 Å². The molecule has 2 aromatic rings. The van der Waals surface area contributed by atoms with Gasteiger partial charge in [0, 0.05) is 26.7 Å². The molecule has 2 N–H and O–H groups in total. The molecule has 1 aliphatic heterocycles. The summed E-state index contributed by atoms with van der Waals surface area (Å²) in [6.07, 6.45) is -2.32. The van der Waals surface area contributed by atoms with Crippen LogP contribution in [-0.4, -0.2) is 84.3 Å². The third-order valence-corrected chi connectivity index (χ3v) is 5.53. The molecule has 3 rings (SSSR count). The number of rotatable bonds is 4. The number of carbonyl (C=O) groups excluding carboxylic acids is 2. The van der Waals surface area contributed by atoms with Crippen molar-refractivity contribution in [1.82, 2.24) is 9.80 Å². The van der Waals surface area contributed by atoms with Crippen LogP contribution >= 0.6 is 0 Å². The first-order chi connectivity index (χ1) is 15.5. The number of carbonyl (C=O) groups is 4. The van der Waals surface area contributed by atoms with Gasteiger partial charge in [-0.2, -0.15) is 0 Å².